The summed E-state index contributed by atoms with van der Waals surface area (Å²) >= 11 is 1.96. The molecule has 1 aromatic carbocycles. The van der Waals surface area contributed by atoms with Crippen LogP contribution in [0.2, 0.25) is 0 Å². The minimum absolute atomic E-state index is 0.250. The van der Waals surface area contributed by atoms with Gasteiger partial charge in [0.15, 0.2) is 0 Å². The van der Waals surface area contributed by atoms with E-state index in [1.807, 2.05) is 17.8 Å². The van der Waals surface area contributed by atoms with Gasteiger partial charge in [0.2, 0.25) is 5.95 Å². The topological polar surface area (TPSA) is 61.3 Å². The number of piperidine rings is 1. The van der Waals surface area contributed by atoms with E-state index in [4.69, 9.17) is 0 Å². The minimum Gasteiger partial charge on any atom is -0.391 e. The fourth-order valence-corrected chi connectivity index (χ4v) is 4.14. The van der Waals surface area contributed by atoms with Crippen LogP contribution in [0.25, 0.3) is 0 Å². The van der Waals surface area contributed by atoms with Gasteiger partial charge >= 0.3 is 0 Å². The monoisotopic (exact) mass is 372 g/mol. The minimum atomic E-state index is -0.250. The number of benzene rings is 1. The van der Waals surface area contributed by atoms with Crippen LogP contribution in [0.1, 0.15) is 30.4 Å². The smallest absolute Gasteiger partial charge is 0.224 e. The highest BCUT2D eigenvalue weighted by Crippen LogP contribution is 2.19. The fraction of sp³-hybridized carbons (Fsp3) is 0.500. The van der Waals surface area contributed by atoms with Crippen molar-refractivity contribution in [2.45, 2.75) is 38.0 Å². The van der Waals surface area contributed by atoms with Crippen LogP contribution in [0.3, 0.4) is 0 Å². The van der Waals surface area contributed by atoms with Crippen molar-refractivity contribution < 1.29 is 5.11 Å². The predicted octanol–water partition coefficient (Wildman–Crippen LogP) is 3.48. The maximum Gasteiger partial charge on any atom is 0.224 e. The molecule has 140 valence electrons. The first kappa shape index (κ1) is 19.0. The number of rotatable bonds is 8. The molecule has 0 saturated carbocycles. The summed E-state index contributed by atoms with van der Waals surface area (Å²) in [6.45, 7) is 4.64. The lowest BCUT2D eigenvalue weighted by molar-refractivity contribution is 0.154. The normalized spacial score (nSPS) is 17.3. The maximum absolute atomic E-state index is 9.83. The number of aliphatic hydroxyl groups excluding tert-OH is 1. The highest BCUT2D eigenvalue weighted by atomic mass is 32.2. The second-order valence-electron chi connectivity index (χ2n) is 6.74. The van der Waals surface area contributed by atoms with Crippen LogP contribution in [-0.4, -0.2) is 46.6 Å². The third kappa shape index (κ3) is 5.61. The summed E-state index contributed by atoms with van der Waals surface area (Å²) in [6, 6.07) is 10.5. The van der Waals surface area contributed by atoms with E-state index >= 15 is 0 Å². The summed E-state index contributed by atoms with van der Waals surface area (Å²) in [5.74, 6) is 3.75. The van der Waals surface area contributed by atoms with E-state index in [1.165, 1.54) is 11.1 Å². The standard InChI is InChI=1S/C20H28N4OS/c1-16-6-2-3-7-17(16)15-26-13-5-10-21-20-22-11-9-19(23-20)24-12-4-8-18(25)14-24/h2-3,6-7,9,11,18,25H,4-5,8,10,12-15H2,1H3,(H,21,22,23). The molecule has 0 aliphatic carbocycles. The molecule has 0 spiro atoms. The van der Waals surface area contributed by atoms with E-state index in [2.05, 4.69) is 51.4 Å². The predicted molar refractivity (Wildman–Crippen MR) is 110 cm³/mol. The fourth-order valence-electron chi connectivity index (χ4n) is 3.10. The van der Waals surface area contributed by atoms with E-state index in [0.717, 1.165) is 49.7 Å². The number of thioether (sulfide) groups is 1. The summed E-state index contributed by atoms with van der Waals surface area (Å²) < 4.78 is 0. The molecule has 1 aliphatic rings. The lowest BCUT2D eigenvalue weighted by Gasteiger charge is -2.31. The first-order valence-electron chi connectivity index (χ1n) is 9.34. The Morgan fingerprint density at radius 1 is 1.31 bits per heavy atom. The molecule has 0 amide bonds. The Kier molecular flexibility index (Phi) is 7.14. The van der Waals surface area contributed by atoms with Crippen molar-refractivity contribution in [3.8, 4) is 0 Å². The zero-order valence-corrected chi connectivity index (χ0v) is 16.2. The molecule has 6 heteroatoms. The van der Waals surface area contributed by atoms with Gasteiger partial charge in [0.25, 0.3) is 0 Å². The van der Waals surface area contributed by atoms with Crippen molar-refractivity contribution in [1.82, 2.24) is 9.97 Å². The van der Waals surface area contributed by atoms with E-state index in [9.17, 15) is 5.11 Å². The number of β-amino-alcohol motifs (C(OH)–C–C–N with tert-alkyl or cyclic N) is 1. The summed E-state index contributed by atoms with van der Waals surface area (Å²) in [5.41, 5.74) is 2.79. The van der Waals surface area contributed by atoms with Gasteiger partial charge in [-0.25, -0.2) is 4.98 Å². The molecule has 0 radical (unpaired) electrons. The van der Waals surface area contributed by atoms with Gasteiger partial charge in [-0.3, -0.25) is 0 Å². The Hall–Kier alpha value is -1.79. The molecule has 1 fully saturated rings. The molecule has 1 unspecified atom stereocenters. The van der Waals surface area contributed by atoms with Gasteiger partial charge in [0, 0.05) is 31.6 Å². The van der Waals surface area contributed by atoms with Gasteiger partial charge in [-0.1, -0.05) is 24.3 Å². The molecule has 1 aromatic heterocycles. The van der Waals surface area contributed by atoms with Crippen LogP contribution in [0.5, 0.6) is 0 Å². The average Bonchev–Trinajstić information content (AvgIpc) is 2.66. The van der Waals surface area contributed by atoms with E-state index in [1.54, 1.807) is 6.20 Å². The molecular weight excluding hydrogens is 344 g/mol. The second-order valence-corrected chi connectivity index (χ2v) is 7.85. The van der Waals surface area contributed by atoms with Crippen LogP contribution < -0.4 is 10.2 Å². The van der Waals surface area contributed by atoms with Gasteiger partial charge in [-0.2, -0.15) is 16.7 Å². The zero-order chi connectivity index (χ0) is 18.2. The Morgan fingerprint density at radius 3 is 3.04 bits per heavy atom. The Balaban J connectivity index is 1.38. The molecule has 2 heterocycles. The molecule has 2 aromatic rings. The lowest BCUT2D eigenvalue weighted by atomic mass is 10.1. The quantitative estimate of drug-likeness (QED) is 0.692. The molecule has 5 nitrogen and oxygen atoms in total. The Morgan fingerprint density at radius 2 is 2.19 bits per heavy atom. The molecule has 1 aliphatic heterocycles. The average molecular weight is 373 g/mol. The van der Waals surface area contributed by atoms with Crippen molar-refractivity contribution in [2.75, 3.05) is 35.6 Å². The number of hydrogen-bond acceptors (Lipinski definition) is 6. The van der Waals surface area contributed by atoms with Crippen molar-refractivity contribution in [1.29, 1.82) is 0 Å². The van der Waals surface area contributed by atoms with E-state index in [-0.39, 0.29) is 6.10 Å². The third-order valence-corrected chi connectivity index (χ3v) is 5.72. The number of aromatic nitrogens is 2. The molecule has 2 N–H and O–H groups in total. The van der Waals surface area contributed by atoms with E-state index < -0.39 is 0 Å². The molecular formula is C20H28N4OS. The van der Waals surface area contributed by atoms with Gasteiger partial charge in [-0.05, 0) is 49.1 Å². The van der Waals surface area contributed by atoms with Gasteiger partial charge in [-0.15, -0.1) is 0 Å². The first-order valence-corrected chi connectivity index (χ1v) is 10.5. The third-order valence-electron chi connectivity index (χ3n) is 4.63. The maximum atomic E-state index is 9.83. The number of nitrogens with one attached hydrogen (secondary N) is 1. The largest absolute Gasteiger partial charge is 0.391 e. The van der Waals surface area contributed by atoms with Gasteiger partial charge < -0.3 is 15.3 Å². The van der Waals surface area contributed by atoms with Crippen molar-refractivity contribution >= 4 is 23.5 Å². The number of nitrogens with zero attached hydrogens (tertiary/aromatic N) is 3. The highest BCUT2D eigenvalue weighted by Gasteiger charge is 2.19. The van der Waals surface area contributed by atoms with Crippen LogP contribution in [0.4, 0.5) is 11.8 Å². The Bertz CT molecular complexity index is 697. The zero-order valence-electron chi connectivity index (χ0n) is 15.4. The van der Waals surface area contributed by atoms with Crippen LogP contribution >= 0.6 is 11.8 Å². The molecule has 3 rings (SSSR count). The second kappa shape index (κ2) is 9.78. The number of aryl methyl sites for hydroxylation is 1. The lowest BCUT2D eigenvalue weighted by Crippen LogP contribution is -2.38. The summed E-state index contributed by atoms with van der Waals surface area (Å²) in [6.07, 6.45) is 4.50. The Labute approximate surface area is 160 Å². The molecule has 0 bridgehead atoms. The number of hydrogen-bond donors (Lipinski definition) is 2. The van der Waals surface area contributed by atoms with Gasteiger partial charge in [0.05, 0.1) is 6.10 Å². The summed E-state index contributed by atoms with van der Waals surface area (Å²) in [5, 5.41) is 13.2. The molecule has 1 saturated heterocycles. The van der Waals surface area contributed by atoms with Crippen molar-refractivity contribution in [3.05, 3.63) is 47.7 Å². The molecule has 1 atom stereocenters. The number of anilines is 2. The highest BCUT2D eigenvalue weighted by molar-refractivity contribution is 7.98. The summed E-state index contributed by atoms with van der Waals surface area (Å²) in [4.78, 5) is 11.0. The SMILES string of the molecule is Cc1ccccc1CSCCCNc1nccc(N2CCCC(O)C2)n1. The van der Waals surface area contributed by atoms with Crippen LogP contribution in [0, 0.1) is 6.92 Å². The van der Waals surface area contributed by atoms with Crippen molar-refractivity contribution in [3.63, 3.8) is 0 Å². The number of aliphatic hydroxyl groups is 1. The first-order chi connectivity index (χ1) is 12.7. The van der Waals surface area contributed by atoms with Crippen molar-refractivity contribution in [2.24, 2.45) is 0 Å². The van der Waals surface area contributed by atoms with Gasteiger partial charge in [0.1, 0.15) is 5.82 Å². The van der Waals surface area contributed by atoms with Crippen LogP contribution in [-0.2, 0) is 5.75 Å². The summed E-state index contributed by atoms with van der Waals surface area (Å²) in [7, 11) is 0. The van der Waals surface area contributed by atoms with Crippen LogP contribution in [0.15, 0.2) is 36.5 Å². The van der Waals surface area contributed by atoms with E-state index in [0.29, 0.717) is 12.5 Å². The molecule has 26 heavy (non-hydrogen) atoms.